The van der Waals surface area contributed by atoms with Gasteiger partial charge in [0.2, 0.25) is 11.8 Å². The maximum absolute atomic E-state index is 12.5. The predicted octanol–water partition coefficient (Wildman–Crippen LogP) is 4.02. The van der Waals surface area contributed by atoms with Crippen molar-refractivity contribution in [1.82, 2.24) is 4.98 Å². The van der Waals surface area contributed by atoms with Crippen molar-refractivity contribution in [1.29, 1.82) is 0 Å². The molecule has 1 aromatic rings. The van der Waals surface area contributed by atoms with Gasteiger partial charge < -0.3 is 9.47 Å². The van der Waals surface area contributed by atoms with Crippen LogP contribution >= 0.6 is 15.9 Å². The van der Waals surface area contributed by atoms with Crippen molar-refractivity contribution in [3.05, 3.63) is 29.7 Å². The minimum Gasteiger partial charge on any atom is -0.474 e. The molecule has 0 unspecified atom stereocenters. The van der Waals surface area contributed by atoms with E-state index in [-0.39, 0.29) is 18.6 Å². The minimum absolute atomic E-state index is 0.1000. The Morgan fingerprint density at radius 2 is 2.10 bits per heavy atom. The normalized spacial score (nSPS) is 22.4. The molecule has 0 aromatic carbocycles. The lowest BCUT2D eigenvalue weighted by atomic mass is 9.92. The van der Waals surface area contributed by atoms with Crippen molar-refractivity contribution >= 4 is 15.9 Å². The predicted molar refractivity (Wildman–Crippen MR) is 74.9 cm³/mol. The van der Waals surface area contributed by atoms with E-state index in [0.717, 1.165) is 17.3 Å². The Hall–Kier alpha value is -0.750. The van der Waals surface area contributed by atoms with E-state index in [2.05, 4.69) is 27.8 Å². The zero-order valence-corrected chi connectivity index (χ0v) is 12.6. The first kappa shape index (κ1) is 15.6. The fourth-order valence-electron chi connectivity index (χ4n) is 1.93. The first-order valence-corrected chi connectivity index (χ1v) is 7.35. The minimum atomic E-state index is -2.85. The Balaban J connectivity index is 1.57. The quantitative estimate of drug-likeness (QED) is 0.697. The van der Waals surface area contributed by atoms with Gasteiger partial charge in [-0.05, 0) is 28.4 Å². The summed E-state index contributed by atoms with van der Waals surface area (Å²) in [6.07, 6.45) is 3.53. The van der Waals surface area contributed by atoms with Gasteiger partial charge in [0, 0.05) is 49.5 Å². The van der Waals surface area contributed by atoms with Gasteiger partial charge in [-0.15, -0.1) is 0 Å². The molecule has 0 N–H and O–H groups in total. The fourth-order valence-corrected chi connectivity index (χ4v) is 2.17. The Bertz CT molecular complexity index is 416. The molecule has 0 spiro atoms. The standard InChI is InChI=1S/C14H17BrF2NO2/c1-14(16,17)5-2-6-19-11-7-12(8-11)20-13-4-3-10(15)9-18-13/h3-4,9,11-12H,1-2,5-8H2. The summed E-state index contributed by atoms with van der Waals surface area (Å²) in [5.74, 6) is -2.25. The van der Waals surface area contributed by atoms with E-state index in [0.29, 0.717) is 18.9 Å². The van der Waals surface area contributed by atoms with Gasteiger partial charge in [0.1, 0.15) is 6.10 Å². The summed E-state index contributed by atoms with van der Waals surface area (Å²) in [5.41, 5.74) is 0. The van der Waals surface area contributed by atoms with Crippen LogP contribution in [-0.4, -0.2) is 29.7 Å². The molecule has 2 rings (SSSR count). The summed E-state index contributed by atoms with van der Waals surface area (Å²) in [6, 6.07) is 3.67. The molecule has 0 amide bonds. The number of rotatable bonds is 7. The van der Waals surface area contributed by atoms with Crippen LogP contribution in [0, 0.1) is 6.92 Å². The summed E-state index contributed by atoms with van der Waals surface area (Å²) >= 11 is 3.31. The molecule has 111 valence electrons. The first-order chi connectivity index (χ1) is 9.42. The smallest absolute Gasteiger partial charge is 0.248 e. The van der Waals surface area contributed by atoms with Crippen LogP contribution in [0.25, 0.3) is 0 Å². The lowest BCUT2D eigenvalue weighted by molar-refractivity contribution is -0.0676. The van der Waals surface area contributed by atoms with Gasteiger partial charge in [-0.1, -0.05) is 0 Å². The molecule has 20 heavy (non-hydrogen) atoms. The third-order valence-electron chi connectivity index (χ3n) is 3.08. The lowest BCUT2D eigenvalue weighted by Crippen LogP contribution is -2.39. The molecule has 0 aliphatic heterocycles. The van der Waals surface area contributed by atoms with Gasteiger partial charge in [-0.25, -0.2) is 13.8 Å². The molecule has 1 saturated carbocycles. The van der Waals surface area contributed by atoms with Crippen LogP contribution in [0.3, 0.4) is 0 Å². The molecule has 1 aliphatic carbocycles. The number of hydrogen-bond donors (Lipinski definition) is 0. The van der Waals surface area contributed by atoms with Crippen molar-refractivity contribution in [2.75, 3.05) is 6.61 Å². The number of aromatic nitrogens is 1. The highest BCUT2D eigenvalue weighted by Gasteiger charge is 2.32. The number of ether oxygens (including phenoxy) is 2. The van der Waals surface area contributed by atoms with Crippen LogP contribution in [0.2, 0.25) is 0 Å². The Morgan fingerprint density at radius 3 is 2.70 bits per heavy atom. The number of pyridine rings is 1. The summed E-state index contributed by atoms with van der Waals surface area (Å²) in [6.45, 7) is 3.11. The summed E-state index contributed by atoms with van der Waals surface area (Å²) in [4.78, 5) is 4.13. The van der Waals surface area contributed by atoms with E-state index in [1.54, 1.807) is 12.3 Å². The van der Waals surface area contributed by atoms with Crippen molar-refractivity contribution < 1.29 is 18.3 Å². The van der Waals surface area contributed by atoms with Gasteiger partial charge in [0.05, 0.1) is 6.10 Å². The van der Waals surface area contributed by atoms with Crippen LogP contribution in [0.5, 0.6) is 5.88 Å². The molecule has 3 nitrogen and oxygen atoms in total. The zero-order valence-electron chi connectivity index (χ0n) is 11.0. The van der Waals surface area contributed by atoms with E-state index >= 15 is 0 Å². The Morgan fingerprint density at radius 1 is 1.35 bits per heavy atom. The molecular weight excluding hydrogens is 332 g/mol. The second kappa shape index (κ2) is 6.80. The molecular formula is C14H17BrF2NO2. The summed E-state index contributed by atoms with van der Waals surface area (Å²) < 4.78 is 37.0. The van der Waals surface area contributed by atoms with Crippen LogP contribution in [0.15, 0.2) is 22.8 Å². The number of alkyl halides is 2. The number of halogens is 3. The Kier molecular flexibility index (Phi) is 5.32. The highest BCUT2D eigenvalue weighted by atomic mass is 79.9. The van der Waals surface area contributed by atoms with E-state index in [9.17, 15) is 8.78 Å². The van der Waals surface area contributed by atoms with Gasteiger partial charge in [0.15, 0.2) is 0 Å². The van der Waals surface area contributed by atoms with Crippen LogP contribution in [0.1, 0.15) is 25.7 Å². The van der Waals surface area contributed by atoms with Gasteiger partial charge >= 0.3 is 0 Å². The van der Waals surface area contributed by atoms with Crippen molar-refractivity contribution in [3.63, 3.8) is 0 Å². The maximum atomic E-state index is 12.5. The van der Waals surface area contributed by atoms with Crippen molar-refractivity contribution in [2.45, 2.75) is 43.8 Å². The van der Waals surface area contributed by atoms with Crippen LogP contribution in [-0.2, 0) is 4.74 Å². The van der Waals surface area contributed by atoms with Crippen LogP contribution < -0.4 is 4.74 Å². The topological polar surface area (TPSA) is 31.4 Å². The SMILES string of the molecule is [CH2]C(F)(F)CCCOC1CC(Oc2ccc(Br)cn2)C1. The lowest BCUT2D eigenvalue weighted by Gasteiger charge is -2.34. The summed E-state index contributed by atoms with van der Waals surface area (Å²) in [7, 11) is 0. The molecule has 1 aromatic heterocycles. The van der Waals surface area contributed by atoms with Gasteiger partial charge in [0.25, 0.3) is 0 Å². The molecule has 1 heterocycles. The molecule has 1 radical (unpaired) electrons. The van der Waals surface area contributed by atoms with Gasteiger partial charge in [-0.3, -0.25) is 0 Å². The van der Waals surface area contributed by atoms with Crippen LogP contribution in [0.4, 0.5) is 8.78 Å². The third kappa shape index (κ3) is 5.32. The number of nitrogens with zero attached hydrogens (tertiary/aromatic N) is 1. The highest BCUT2D eigenvalue weighted by Crippen LogP contribution is 2.28. The average Bonchev–Trinajstić information content (AvgIpc) is 2.32. The molecule has 0 bridgehead atoms. The second-order valence-electron chi connectivity index (χ2n) is 4.98. The molecule has 1 aliphatic rings. The zero-order chi connectivity index (χ0) is 14.6. The molecule has 1 fully saturated rings. The number of hydrogen-bond acceptors (Lipinski definition) is 3. The van der Waals surface area contributed by atoms with Crippen molar-refractivity contribution in [3.8, 4) is 5.88 Å². The van der Waals surface area contributed by atoms with Crippen molar-refractivity contribution in [2.24, 2.45) is 0 Å². The summed E-state index contributed by atoms with van der Waals surface area (Å²) in [5, 5.41) is 0. The monoisotopic (exact) mass is 348 g/mol. The van der Waals surface area contributed by atoms with E-state index < -0.39 is 5.92 Å². The Labute approximate surface area is 125 Å². The molecule has 0 saturated heterocycles. The van der Waals surface area contributed by atoms with Gasteiger partial charge in [-0.2, -0.15) is 0 Å². The first-order valence-electron chi connectivity index (χ1n) is 6.55. The molecule has 0 atom stereocenters. The average molecular weight is 349 g/mol. The molecule has 6 heteroatoms. The maximum Gasteiger partial charge on any atom is 0.248 e. The van der Waals surface area contributed by atoms with E-state index in [4.69, 9.17) is 9.47 Å². The van der Waals surface area contributed by atoms with E-state index in [1.807, 2.05) is 6.07 Å². The largest absolute Gasteiger partial charge is 0.474 e. The second-order valence-corrected chi connectivity index (χ2v) is 5.89. The third-order valence-corrected chi connectivity index (χ3v) is 3.55. The fraction of sp³-hybridized carbons (Fsp3) is 0.571. The highest BCUT2D eigenvalue weighted by molar-refractivity contribution is 9.10. The van der Waals surface area contributed by atoms with E-state index in [1.165, 1.54) is 0 Å².